The average molecular weight is 261 g/mol. The van der Waals surface area contributed by atoms with Gasteiger partial charge in [0.2, 0.25) is 0 Å². The maximum absolute atomic E-state index is 6.27. The molecule has 0 aliphatic rings. The van der Waals surface area contributed by atoms with E-state index in [1.807, 2.05) is 25.1 Å². The summed E-state index contributed by atoms with van der Waals surface area (Å²) in [6.45, 7) is 4.12. The van der Waals surface area contributed by atoms with E-state index in [4.69, 9.17) is 11.6 Å². The van der Waals surface area contributed by atoms with Crippen LogP contribution in [-0.2, 0) is 12.8 Å². The molecule has 0 N–H and O–H groups in total. The van der Waals surface area contributed by atoms with Crippen molar-refractivity contribution in [1.82, 2.24) is 9.97 Å². The monoisotopic (exact) mass is 260 g/mol. The van der Waals surface area contributed by atoms with Crippen LogP contribution in [0.1, 0.15) is 36.0 Å². The molecule has 0 aliphatic carbocycles. The van der Waals surface area contributed by atoms with Crippen LogP contribution in [0.15, 0.2) is 30.3 Å². The number of rotatable bonds is 4. The van der Waals surface area contributed by atoms with Gasteiger partial charge >= 0.3 is 0 Å². The lowest BCUT2D eigenvalue weighted by atomic mass is 10.1. The Labute approximate surface area is 113 Å². The maximum atomic E-state index is 6.27. The van der Waals surface area contributed by atoms with E-state index in [0.29, 0.717) is 5.15 Å². The number of hydrogen-bond donors (Lipinski definition) is 0. The van der Waals surface area contributed by atoms with Crippen molar-refractivity contribution in [2.24, 2.45) is 0 Å². The molecule has 1 aromatic heterocycles. The van der Waals surface area contributed by atoms with Gasteiger partial charge in [0.25, 0.3) is 0 Å². The van der Waals surface area contributed by atoms with Crippen molar-refractivity contribution in [2.45, 2.75) is 33.1 Å². The standard InChI is InChI=1S/C15H17ClN2/c1-3-7-14-17-11(2)13(15(16)18-14)10-12-8-5-4-6-9-12/h4-6,8-9H,3,7,10H2,1-2H3. The van der Waals surface area contributed by atoms with E-state index in [1.165, 1.54) is 5.56 Å². The lowest BCUT2D eigenvalue weighted by Crippen LogP contribution is -2.03. The van der Waals surface area contributed by atoms with E-state index >= 15 is 0 Å². The van der Waals surface area contributed by atoms with Crippen molar-refractivity contribution in [3.05, 3.63) is 58.1 Å². The minimum atomic E-state index is 0.592. The smallest absolute Gasteiger partial charge is 0.136 e. The van der Waals surface area contributed by atoms with Crippen LogP contribution >= 0.6 is 11.6 Å². The first kappa shape index (κ1) is 13.0. The van der Waals surface area contributed by atoms with E-state index in [1.54, 1.807) is 0 Å². The first-order valence-corrected chi connectivity index (χ1v) is 6.64. The van der Waals surface area contributed by atoms with Crippen molar-refractivity contribution in [1.29, 1.82) is 0 Å². The molecule has 0 bridgehead atoms. The Bertz CT molecular complexity index is 500. The molecule has 3 heteroatoms. The van der Waals surface area contributed by atoms with Gasteiger partial charge in [-0.05, 0) is 18.9 Å². The van der Waals surface area contributed by atoms with Crippen LogP contribution in [0.4, 0.5) is 0 Å². The van der Waals surface area contributed by atoms with Gasteiger partial charge in [-0.25, -0.2) is 9.97 Å². The van der Waals surface area contributed by atoms with Crippen molar-refractivity contribution < 1.29 is 0 Å². The van der Waals surface area contributed by atoms with Crippen LogP contribution in [0.2, 0.25) is 5.15 Å². The Morgan fingerprint density at radius 1 is 1.11 bits per heavy atom. The number of aryl methyl sites for hydroxylation is 2. The molecule has 0 unspecified atom stereocenters. The third-order valence-electron chi connectivity index (χ3n) is 2.91. The lowest BCUT2D eigenvalue weighted by molar-refractivity contribution is 0.815. The first-order chi connectivity index (χ1) is 8.70. The number of nitrogens with zero attached hydrogens (tertiary/aromatic N) is 2. The van der Waals surface area contributed by atoms with Crippen LogP contribution in [0.3, 0.4) is 0 Å². The van der Waals surface area contributed by atoms with E-state index in [0.717, 1.165) is 36.3 Å². The van der Waals surface area contributed by atoms with Crippen molar-refractivity contribution in [3.8, 4) is 0 Å². The van der Waals surface area contributed by atoms with Gasteiger partial charge < -0.3 is 0 Å². The zero-order chi connectivity index (χ0) is 13.0. The molecule has 0 saturated carbocycles. The van der Waals surface area contributed by atoms with Crippen molar-refractivity contribution in [2.75, 3.05) is 0 Å². The largest absolute Gasteiger partial charge is 0.238 e. The van der Waals surface area contributed by atoms with E-state index in [2.05, 4.69) is 29.0 Å². The molecule has 0 spiro atoms. The highest BCUT2D eigenvalue weighted by atomic mass is 35.5. The highest BCUT2D eigenvalue weighted by Gasteiger charge is 2.10. The second kappa shape index (κ2) is 5.96. The topological polar surface area (TPSA) is 25.8 Å². The van der Waals surface area contributed by atoms with Crippen molar-refractivity contribution in [3.63, 3.8) is 0 Å². The predicted octanol–water partition coefficient (Wildman–Crippen LogP) is 3.98. The summed E-state index contributed by atoms with van der Waals surface area (Å²) in [5.74, 6) is 0.844. The number of hydrogen-bond acceptors (Lipinski definition) is 2. The maximum Gasteiger partial charge on any atom is 0.136 e. The fraction of sp³-hybridized carbons (Fsp3) is 0.333. The van der Waals surface area contributed by atoms with Crippen molar-refractivity contribution >= 4 is 11.6 Å². The molecule has 0 atom stereocenters. The Hall–Kier alpha value is -1.41. The van der Waals surface area contributed by atoms with Crippen LogP contribution in [0, 0.1) is 6.92 Å². The number of aromatic nitrogens is 2. The molecule has 1 heterocycles. The molecule has 2 nitrogen and oxygen atoms in total. The second-order valence-corrected chi connectivity index (χ2v) is 4.76. The van der Waals surface area contributed by atoms with Gasteiger partial charge in [0.15, 0.2) is 0 Å². The fourth-order valence-electron chi connectivity index (χ4n) is 1.95. The molecule has 0 amide bonds. The molecule has 2 aromatic rings. The summed E-state index contributed by atoms with van der Waals surface area (Å²) in [7, 11) is 0. The van der Waals surface area contributed by atoms with Gasteiger partial charge in [-0.3, -0.25) is 0 Å². The van der Waals surface area contributed by atoms with Gasteiger partial charge in [0, 0.05) is 24.1 Å². The minimum Gasteiger partial charge on any atom is -0.238 e. The molecule has 94 valence electrons. The van der Waals surface area contributed by atoms with E-state index in [9.17, 15) is 0 Å². The lowest BCUT2D eigenvalue weighted by Gasteiger charge is -2.09. The minimum absolute atomic E-state index is 0.592. The zero-order valence-electron chi connectivity index (χ0n) is 10.8. The third kappa shape index (κ3) is 3.08. The van der Waals surface area contributed by atoms with E-state index < -0.39 is 0 Å². The van der Waals surface area contributed by atoms with Gasteiger partial charge in [0.05, 0.1) is 0 Å². The molecular weight excluding hydrogens is 244 g/mol. The quantitative estimate of drug-likeness (QED) is 0.777. The second-order valence-electron chi connectivity index (χ2n) is 4.41. The summed E-state index contributed by atoms with van der Waals surface area (Å²) in [5, 5.41) is 0.592. The van der Waals surface area contributed by atoms with Crippen LogP contribution in [0.25, 0.3) is 0 Å². The van der Waals surface area contributed by atoms with Crippen LogP contribution < -0.4 is 0 Å². The van der Waals surface area contributed by atoms with Crippen LogP contribution in [-0.4, -0.2) is 9.97 Å². The Morgan fingerprint density at radius 3 is 2.44 bits per heavy atom. The van der Waals surface area contributed by atoms with Gasteiger partial charge in [0.1, 0.15) is 11.0 Å². The molecule has 18 heavy (non-hydrogen) atoms. The molecule has 0 fully saturated rings. The van der Waals surface area contributed by atoms with Crippen LogP contribution in [0.5, 0.6) is 0 Å². The summed E-state index contributed by atoms with van der Waals surface area (Å²) in [6.07, 6.45) is 2.71. The Kier molecular flexibility index (Phi) is 4.32. The number of benzene rings is 1. The summed E-state index contributed by atoms with van der Waals surface area (Å²) >= 11 is 6.27. The molecular formula is C15H17ClN2. The summed E-state index contributed by atoms with van der Waals surface area (Å²) < 4.78 is 0. The highest BCUT2D eigenvalue weighted by molar-refractivity contribution is 6.30. The SMILES string of the molecule is CCCc1nc(C)c(Cc2ccccc2)c(Cl)n1. The van der Waals surface area contributed by atoms with E-state index in [-0.39, 0.29) is 0 Å². The number of halogens is 1. The summed E-state index contributed by atoms with van der Waals surface area (Å²) in [4.78, 5) is 8.90. The molecule has 0 saturated heterocycles. The summed E-state index contributed by atoms with van der Waals surface area (Å²) in [6, 6.07) is 10.3. The predicted molar refractivity (Wildman–Crippen MR) is 75.0 cm³/mol. The molecule has 2 rings (SSSR count). The first-order valence-electron chi connectivity index (χ1n) is 6.26. The van der Waals surface area contributed by atoms with Gasteiger partial charge in [-0.1, -0.05) is 48.9 Å². The Morgan fingerprint density at radius 2 is 1.83 bits per heavy atom. The molecule has 0 radical (unpaired) electrons. The molecule has 1 aromatic carbocycles. The molecule has 0 aliphatic heterocycles. The fourth-order valence-corrected chi connectivity index (χ4v) is 2.25. The van der Waals surface area contributed by atoms with Gasteiger partial charge in [-0.15, -0.1) is 0 Å². The van der Waals surface area contributed by atoms with Gasteiger partial charge in [-0.2, -0.15) is 0 Å². The zero-order valence-corrected chi connectivity index (χ0v) is 11.5. The Balaban J connectivity index is 2.28. The average Bonchev–Trinajstić information content (AvgIpc) is 2.36. The highest BCUT2D eigenvalue weighted by Crippen LogP contribution is 2.20. The normalized spacial score (nSPS) is 10.6. The summed E-state index contributed by atoms with van der Waals surface area (Å²) in [5.41, 5.74) is 3.25. The third-order valence-corrected chi connectivity index (χ3v) is 3.22.